The summed E-state index contributed by atoms with van der Waals surface area (Å²) >= 11 is 6.03. The first-order valence-corrected chi connectivity index (χ1v) is 6.95. The average Bonchev–Trinajstić information content (AvgIpc) is 2.39. The Kier molecular flexibility index (Phi) is 5.09. The lowest BCUT2D eigenvalue weighted by molar-refractivity contribution is 0.219. The van der Waals surface area contributed by atoms with E-state index in [-0.39, 0.29) is 0 Å². The normalized spacial score (nSPS) is 16.9. The van der Waals surface area contributed by atoms with E-state index in [9.17, 15) is 0 Å². The van der Waals surface area contributed by atoms with E-state index in [0.717, 1.165) is 37.4 Å². The molecule has 2 rings (SSSR count). The molecular formula is C15H20ClNO. The predicted octanol–water partition coefficient (Wildman–Crippen LogP) is 3.55. The highest BCUT2D eigenvalue weighted by Gasteiger charge is 2.16. The van der Waals surface area contributed by atoms with Gasteiger partial charge in [0.1, 0.15) is 0 Å². The Hall–Kier alpha value is -0.990. The Labute approximate surface area is 114 Å². The molecule has 1 atom stereocenters. The fraction of sp³-hybridized carbons (Fsp3) is 0.467. The van der Waals surface area contributed by atoms with Crippen LogP contribution < -0.4 is 5.32 Å². The van der Waals surface area contributed by atoms with E-state index in [4.69, 9.17) is 16.3 Å². The summed E-state index contributed by atoms with van der Waals surface area (Å²) in [5, 5.41) is 4.33. The molecule has 3 heteroatoms. The van der Waals surface area contributed by atoms with Gasteiger partial charge in [0, 0.05) is 11.1 Å². The van der Waals surface area contributed by atoms with Crippen molar-refractivity contribution in [3.05, 3.63) is 46.7 Å². The number of hydrogen-bond acceptors (Lipinski definition) is 2. The first-order chi connectivity index (χ1) is 8.79. The first-order valence-electron chi connectivity index (χ1n) is 6.58. The topological polar surface area (TPSA) is 21.3 Å². The van der Waals surface area contributed by atoms with Crippen LogP contribution in [0.3, 0.4) is 0 Å². The lowest BCUT2D eigenvalue weighted by Crippen LogP contribution is -2.33. The summed E-state index contributed by atoms with van der Waals surface area (Å²) in [5.41, 5.74) is 2.63. The number of likely N-dealkylation sites (N-methyl/N-ethyl adjacent to an activating group) is 1. The molecule has 0 aliphatic carbocycles. The summed E-state index contributed by atoms with van der Waals surface area (Å²) in [6.07, 6.45) is 5.13. The van der Waals surface area contributed by atoms with E-state index in [0.29, 0.717) is 6.04 Å². The van der Waals surface area contributed by atoms with Gasteiger partial charge in [-0.15, -0.1) is 0 Å². The second-order valence-electron chi connectivity index (χ2n) is 4.61. The van der Waals surface area contributed by atoms with Crippen LogP contribution in [-0.2, 0) is 11.2 Å². The Balaban J connectivity index is 2.08. The van der Waals surface area contributed by atoms with Crippen LogP contribution in [0.4, 0.5) is 0 Å². The van der Waals surface area contributed by atoms with Crippen molar-refractivity contribution in [2.45, 2.75) is 32.2 Å². The van der Waals surface area contributed by atoms with Crippen molar-refractivity contribution in [3.8, 4) is 0 Å². The molecule has 0 bridgehead atoms. The SMILES string of the molecule is CCNC(Cc1cccc(Cl)c1)C1=COCCC1. The van der Waals surface area contributed by atoms with Gasteiger partial charge in [0.25, 0.3) is 0 Å². The van der Waals surface area contributed by atoms with Crippen molar-refractivity contribution in [2.75, 3.05) is 13.2 Å². The lowest BCUT2D eigenvalue weighted by atomic mass is 9.95. The minimum Gasteiger partial charge on any atom is -0.501 e. The molecule has 18 heavy (non-hydrogen) atoms. The van der Waals surface area contributed by atoms with E-state index in [2.05, 4.69) is 18.3 Å². The maximum absolute atomic E-state index is 6.03. The summed E-state index contributed by atoms with van der Waals surface area (Å²) in [6.45, 7) is 3.94. The number of nitrogens with one attached hydrogen (secondary N) is 1. The highest BCUT2D eigenvalue weighted by molar-refractivity contribution is 6.30. The molecule has 98 valence electrons. The van der Waals surface area contributed by atoms with Crippen LogP contribution in [0.5, 0.6) is 0 Å². The van der Waals surface area contributed by atoms with Gasteiger partial charge >= 0.3 is 0 Å². The van der Waals surface area contributed by atoms with Crippen molar-refractivity contribution in [3.63, 3.8) is 0 Å². The zero-order chi connectivity index (χ0) is 12.8. The van der Waals surface area contributed by atoms with Gasteiger partial charge < -0.3 is 10.1 Å². The number of rotatable bonds is 5. The summed E-state index contributed by atoms with van der Waals surface area (Å²) in [6, 6.07) is 8.44. The van der Waals surface area contributed by atoms with Crippen LogP contribution in [0.25, 0.3) is 0 Å². The van der Waals surface area contributed by atoms with Crippen LogP contribution in [0, 0.1) is 0 Å². The summed E-state index contributed by atoms with van der Waals surface area (Å²) in [5.74, 6) is 0. The van der Waals surface area contributed by atoms with Gasteiger partial charge in [0.05, 0.1) is 12.9 Å². The molecule has 1 unspecified atom stereocenters. The van der Waals surface area contributed by atoms with Gasteiger partial charge in [0.15, 0.2) is 0 Å². The lowest BCUT2D eigenvalue weighted by Gasteiger charge is -2.24. The number of benzene rings is 1. The monoisotopic (exact) mass is 265 g/mol. The van der Waals surface area contributed by atoms with Gasteiger partial charge in [-0.2, -0.15) is 0 Å². The van der Waals surface area contributed by atoms with E-state index >= 15 is 0 Å². The van der Waals surface area contributed by atoms with Gasteiger partial charge in [0.2, 0.25) is 0 Å². The third-order valence-electron chi connectivity index (χ3n) is 3.19. The molecule has 0 saturated carbocycles. The van der Waals surface area contributed by atoms with Crippen LogP contribution in [0.1, 0.15) is 25.3 Å². The molecule has 0 amide bonds. The highest BCUT2D eigenvalue weighted by atomic mass is 35.5. The van der Waals surface area contributed by atoms with E-state index in [1.807, 2.05) is 24.5 Å². The maximum atomic E-state index is 6.03. The maximum Gasteiger partial charge on any atom is 0.0876 e. The molecule has 0 fully saturated rings. The van der Waals surface area contributed by atoms with Crippen molar-refractivity contribution in [1.29, 1.82) is 0 Å². The molecular weight excluding hydrogens is 246 g/mol. The Morgan fingerprint density at radius 3 is 3.00 bits per heavy atom. The van der Waals surface area contributed by atoms with Gasteiger partial charge in [-0.05, 0) is 49.1 Å². The standard InChI is InChI=1S/C15H20ClNO/c1-2-17-15(13-6-4-8-18-11-13)10-12-5-3-7-14(16)9-12/h3,5,7,9,11,15,17H,2,4,6,8,10H2,1H3. The zero-order valence-electron chi connectivity index (χ0n) is 10.8. The van der Waals surface area contributed by atoms with Crippen molar-refractivity contribution in [1.82, 2.24) is 5.32 Å². The second-order valence-corrected chi connectivity index (χ2v) is 5.05. The minimum atomic E-state index is 0.355. The van der Waals surface area contributed by atoms with Crippen LogP contribution in [0.15, 0.2) is 36.1 Å². The highest BCUT2D eigenvalue weighted by Crippen LogP contribution is 2.20. The molecule has 0 radical (unpaired) electrons. The molecule has 2 nitrogen and oxygen atoms in total. The number of hydrogen-bond donors (Lipinski definition) is 1. The van der Waals surface area contributed by atoms with Crippen molar-refractivity contribution in [2.24, 2.45) is 0 Å². The van der Waals surface area contributed by atoms with Crippen LogP contribution in [-0.4, -0.2) is 19.2 Å². The van der Waals surface area contributed by atoms with Gasteiger partial charge in [-0.3, -0.25) is 0 Å². The first kappa shape index (κ1) is 13.4. The zero-order valence-corrected chi connectivity index (χ0v) is 11.5. The minimum absolute atomic E-state index is 0.355. The van der Waals surface area contributed by atoms with Crippen LogP contribution >= 0.6 is 11.6 Å². The molecule has 0 spiro atoms. The van der Waals surface area contributed by atoms with Crippen molar-refractivity contribution >= 4 is 11.6 Å². The average molecular weight is 266 g/mol. The fourth-order valence-corrected chi connectivity index (χ4v) is 2.53. The molecule has 1 aliphatic heterocycles. The fourth-order valence-electron chi connectivity index (χ4n) is 2.32. The quantitative estimate of drug-likeness (QED) is 0.879. The summed E-state index contributed by atoms with van der Waals surface area (Å²) in [7, 11) is 0. The van der Waals surface area contributed by atoms with E-state index in [1.165, 1.54) is 11.1 Å². The predicted molar refractivity (Wildman–Crippen MR) is 75.9 cm³/mol. The second kappa shape index (κ2) is 6.81. The van der Waals surface area contributed by atoms with E-state index < -0.39 is 0 Å². The van der Waals surface area contributed by atoms with Crippen molar-refractivity contribution < 1.29 is 4.74 Å². The molecule has 1 N–H and O–H groups in total. The Morgan fingerprint density at radius 1 is 1.44 bits per heavy atom. The smallest absolute Gasteiger partial charge is 0.0876 e. The Bertz CT molecular complexity index is 417. The number of ether oxygens (including phenoxy) is 1. The summed E-state index contributed by atoms with van der Waals surface area (Å²) in [4.78, 5) is 0. The Morgan fingerprint density at radius 2 is 2.33 bits per heavy atom. The molecule has 1 heterocycles. The molecule has 0 saturated heterocycles. The van der Waals surface area contributed by atoms with Crippen LogP contribution in [0.2, 0.25) is 5.02 Å². The molecule has 0 aromatic heterocycles. The molecule has 1 aromatic rings. The third kappa shape index (κ3) is 3.76. The van der Waals surface area contributed by atoms with Gasteiger partial charge in [-0.1, -0.05) is 30.7 Å². The molecule has 1 aromatic carbocycles. The number of halogens is 1. The molecule has 1 aliphatic rings. The van der Waals surface area contributed by atoms with Gasteiger partial charge in [-0.25, -0.2) is 0 Å². The third-order valence-corrected chi connectivity index (χ3v) is 3.42. The summed E-state index contributed by atoms with van der Waals surface area (Å²) < 4.78 is 5.44. The largest absolute Gasteiger partial charge is 0.501 e. The van der Waals surface area contributed by atoms with E-state index in [1.54, 1.807) is 0 Å².